The molecule has 17 heavy (non-hydrogen) atoms. The molecule has 1 rings (SSSR count). The number of nitrogens with one attached hydrogen (secondary N) is 1. The van der Waals surface area contributed by atoms with Gasteiger partial charge < -0.3 is 4.74 Å². The van der Waals surface area contributed by atoms with Crippen molar-refractivity contribution in [1.82, 2.24) is 0 Å². The summed E-state index contributed by atoms with van der Waals surface area (Å²) in [4.78, 5) is 3.76. The summed E-state index contributed by atoms with van der Waals surface area (Å²) in [6, 6.07) is 7.28. The van der Waals surface area contributed by atoms with Crippen LogP contribution in [0.25, 0.3) is 10.4 Å². The van der Waals surface area contributed by atoms with Crippen LogP contribution < -0.4 is 0 Å². The summed E-state index contributed by atoms with van der Waals surface area (Å²) >= 11 is 0. The minimum absolute atomic E-state index is 0.00167. The summed E-state index contributed by atoms with van der Waals surface area (Å²) < 4.78 is 4.85. The second-order valence-corrected chi connectivity index (χ2v) is 5.69. The molecule has 1 atom stereocenters. The Morgan fingerprint density at radius 3 is 2.65 bits per heavy atom. The highest BCUT2D eigenvalue weighted by Crippen LogP contribution is 2.35. The monoisotopic (exact) mass is 268 g/mol. The summed E-state index contributed by atoms with van der Waals surface area (Å²) in [5.41, 5.74) is 8.86. The van der Waals surface area contributed by atoms with E-state index in [1.54, 1.807) is 33.7 Å². The van der Waals surface area contributed by atoms with Crippen LogP contribution in [0, 0.1) is 5.41 Å². The lowest BCUT2D eigenvalue weighted by Gasteiger charge is -2.10. The lowest BCUT2D eigenvalue weighted by molar-refractivity contribution is 0.390. The molecular weight excluding hydrogens is 256 g/mol. The molecule has 0 aromatic heterocycles. The summed E-state index contributed by atoms with van der Waals surface area (Å²) in [5, 5.41) is 11.0. The first-order valence-corrected chi connectivity index (χ1v) is 6.99. The number of azide groups is 1. The molecule has 0 bridgehead atoms. The number of hydrogen-bond donors (Lipinski definition) is 1. The lowest BCUT2D eigenvalue weighted by atomic mass is 10.3. The quantitative estimate of drug-likeness (QED) is 0.215. The lowest BCUT2D eigenvalue weighted by Crippen LogP contribution is -2.12. The van der Waals surface area contributed by atoms with Crippen molar-refractivity contribution in [3.8, 4) is 0 Å². The van der Waals surface area contributed by atoms with Gasteiger partial charge in [0, 0.05) is 15.5 Å². The van der Waals surface area contributed by atoms with Gasteiger partial charge in [0.2, 0.25) is 0 Å². The van der Waals surface area contributed by atoms with E-state index >= 15 is 0 Å². The Kier molecular flexibility index (Phi) is 5.76. The Labute approximate surface area is 107 Å². The standard InChI is InChI=1S/C10H12N4OS2/c1-7(10(11)15-2)16-17-9-5-3-8(4-6-9)13-14-12/h3-7,11H,1-2H3. The molecule has 0 heterocycles. The Hall–Kier alpha value is -1.30. The van der Waals surface area contributed by atoms with Gasteiger partial charge in [-0.2, -0.15) is 0 Å². The van der Waals surface area contributed by atoms with Crippen molar-refractivity contribution in [1.29, 1.82) is 5.41 Å². The van der Waals surface area contributed by atoms with Gasteiger partial charge in [0.25, 0.3) is 0 Å². The number of hydrogen-bond acceptors (Lipinski definition) is 5. The van der Waals surface area contributed by atoms with Gasteiger partial charge in [0.05, 0.1) is 12.4 Å². The van der Waals surface area contributed by atoms with Crippen molar-refractivity contribution in [3.63, 3.8) is 0 Å². The van der Waals surface area contributed by atoms with Gasteiger partial charge in [-0.1, -0.05) is 38.8 Å². The van der Waals surface area contributed by atoms with Crippen LogP contribution in [0.1, 0.15) is 6.92 Å². The molecule has 1 N–H and O–H groups in total. The summed E-state index contributed by atoms with van der Waals surface area (Å²) in [7, 11) is 4.60. The van der Waals surface area contributed by atoms with Crippen LogP contribution in [0.3, 0.4) is 0 Å². The van der Waals surface area contributed by atoms with Crippen molar-refractivity contribution in [2.75, 3.05) is 7.11 Å². The second-order valence-electron chi connectivity index (χ2n) is 3.07. The van der Waals surface area contributed by atoms with E-state index in [0.717, 1.165) is 4.90 Å². The number of rotatable bonds is 5. The molecule has 0 fully saturated rings. The zero-order valence-electron chi connectivity index (χ0n) is 9.45. The topological polar surface area (TPSA) is 81.8 Å². The summed E-state index contributed by atoms with van der Waals surface area (Å²) in [5.74, 6) is 0.258. The molecule has 1 unspecified atom stereocenters. The number of benzene rings is 1. The molecular formula is C10H12N4OS2. The van der Waals surface area contributed by atoms with Gasteiger partial charge in [-0.25, -0.2) is 0 Å². The molecule has 7 heteroatoms. The van der Waals surface area contributed by atoms with Crippen molar-refractivity contribution >= 4 is 33.2 Å². The van der Waals surface area contributed by atoms with Crippen LogP contribution in [0.5, 0.6) is 0 Å². The van der Waals surface area contributed by atoms with E-state index in [2.05, 4.69) is 10.0 Å². The van der Waals surface area contributed by atoms with Gasteiger partial charge in [0.1, 0.15) is 0 Å². The predicted octanol–water partition coefficient (Wildman–Crippen LogP) is 4.38. The van der Waals surface area contributed by atoms with Crippen molar-refractivity contribution in [2.45, 2.75) is 17.1 Å². The third kappa shape index (κ3) is 4.60. The third-order valence-corrected chi connectivity index (χ3v) is 4.67. The average molecular weight is 268 g/mol. The molecule has 5 nitrogen and oxygen atoms in total. The maximum atomic E-state index is 8.26. The number of nitrogens with zero attached hydrogens (tertiary/aromatic N) is 3. The molecule has 0 aliphatic heterocycles. The Balaban J connectivity index is 2.52. The number of methoxy groups -OCH3 is 1. The summed E-state index contributed by atoms with van der Waals surface area (Å²) in [6.45, 7) is 1.91. The van der Waals surface area contributed by atoms with Crippen molar-refractivity contribution in [2.24, 2.45) is 5.11 Å². The molecule has 0 saturated heterocycles. The van der Waals surface area contributed by atoms with Crippen LogP contribution in [0.4, 0.5) is 5.69 Å². The molecule has 0 amide bonds. The van der Waals surface area contributed by atoms with Crippen LogP contribution in [0.15, 0.2) is 34.3 Å². The van der Waals surface area contributed by atoms with E-state index in [0.29, 0.717) is 5.69 Å². The van der Waals surface area contributed by atoms with Gasteiger partial charge in [0.15, 0.2) is 5.90 Å². The van der Waals surface area contributed by atoms with Gasteiger partial charge in [-0.3, -0.25) is 5.41 Å². The molecule has 0 aliphatic carbocycles. The fourth-order valence-electron chi connectivity index (χ4n) is 0.957. The van der Waals surface area contributed by atoms with Crippen LogP contribution in [0.2, 0.25) is 0 Å². The van der Waals surface area contributed by atoms with Gasteiger partial charge in [-0.05, 0) is 24.6 Å². The second kappa shape index (κ2) is 7.11. The Morgan fingerprint density at radius 2 is 2.12 bits per heavy atom. The highest BCUT2D eigenvalue weighted by molar-refractivity contribution is 8.77. The molecule has 90 valence electrons. The number of ether oxygens (including phenoxy) is 1. The minimum atomic E-state index is 0.00167. The molecule has 1 aromatic rings. The molecule has 0 radical (unpaired) electrons. The largest absolute Gasteiger partial charge is 0.484 e. The third-order valence-electron chi connectivity index (χ3n) is 1.87. The molecule has 0 spiro atoms. The fourth-order valence-corrected chi connectivity index (χ4v) is 3.01. The van der Waals surface area contributed by atoms with E-state index in [1.165, 1.54) is 7.11 Å². The zero-order valence-corrected chi connectivity index (χ0v) is 11.1. The molecule has 0 aliphatic rings. The van der Waals surface area contributed by atoms with Crippen LogP contribution in [-0.4, -0.2) is 18.3 Å². The first kappa shape index (κ1) is 13.8. The minimum Gasteiger partial charge on any atom is -0.484 e. The van der Waals surface area contributed by atoms with Gasteiger partial charge >= 0.3 is 0 Å². The highest BCUT2D eigenvalue weighted by Gasteiger charge is 2.10. The van der Waals surface area contributed by atoms with E-state index in [4.69, 9.17) is 15.7 Å². The van der Waals surface area contributed by atoms with Crippen molar-refractivity contribution < 1.29 is 4.74 Å². The summed E-state index contributed by atoms with van der Waals surface area (Å²) in [6.07, 6.45) is 0. The highest BCUT2D eigenvalue weighted by atomic mass is 33.1. The maximum absolute atomic E-state index is 8.26. The van der Waals surface area contributed by atoms with E-state index < -0.39 is 0 Å². The average Bonchev–Trinajstić information content (AvgIpc) is 2.37. The van der Waals surface area contributed by atoms with Crippen LogP contribution >= 0.6 is 21.6 Å². The SMILES string of the molecule is COC(=N)C(C)SSc1ccc(N=[N+]=[N-])cc1. The van der Waals surface area contributed by atoms with Crippen molar-refractivity contribution in [3.05, 3.63) is 34.7 Å². The Morgan fingerprint density at radius 1 is 1.47 bits per heavy atom. The van der Waals surface area contributed by atoms with Gasteiger partial charge in [-0.15, -0.1) is 0 Å². The molecule has 0 saturated carbocycles. The predicted molar refractivity (Wildman–Crippen MR) is 72.9 cm³/mol. The van der Waals surface area contributed by atoms with Crippen LogP contribution in [-0.2, 0) is 4.74 Å². The molecule has 1 aromatic carbocycles. The first-order valence-electron chi connectivity index (χ1n) is 4.78. The normalized spacial score (nSPS) is 11.4. The smallest absolute Gasteiger partial charge is 0.194 e. The zero-order chi connectivity index (χ0) is 12.7. The van der Waals surface area contributed by atoms with E-state index in [9.17, 15) is 0 Å². The first-order chi connectivity index (χ1) is 8.17. The Bertz CT molecular complexity index is 428. The van der Waals surface area contributed by atoms with E-state index in [-0.39, 0.29) is 11.1 Å². The maximum Gasteiger partial charge on any atom is 0.194 e. The fraction of sp³-hybridized carbons (Fsp3) is 0.300. The van der Waals surface area contributed by atoms with E-state index in [1.807, 2.05) is 19.1 Å².